The number of benzene rings is 1. The molecule has 0 fully saturated rings. The molecule has 82 valence electrons. The van der Waals surface area contributed by atoms with Crippen LogP contribution in [0.2, 0.25) is 0 Å². The van der Waals surface area contributed by atoms with Crippen molar-refractivity contribution in [1.82, 2.24) is 4.98 Å². The molecule has 1 heterocycles. The van der Waals surface area contributed by atoms with E-state index < -0.39 is 0 Å². The Bertz CT molecular complexity index is 488. The van der Waals surface area contributed by atoms with Crippen molar-refractivity contribution in [2.75, 3.05) is 0 Å². The lowest BCUT2D eigenvalue weighted by Gasteiger charge is -2.07. The van der Waals surface area contributed by atoms with Gasteiger partial charge in [-0.2, -0.15) is 0 Å². The number of pyridine rings is 1. The van der Waals surface area contributed by atoms with E-state index in [-0.39, 0.29) is 5.75 Å². The first-order valence-electron chi connectivity index (χ1n) is 4.77. The van der Waals surface area contributed by atoms with Gasteiger partial charge in [0.05, 0.1) is 0 Å². The molecule has 0 saturated carbocycles. The average molecular weight is 280 g/mol. The van der Waals surface area contributed by atoms with Crippen LogP contribution in [0.5, 0.6) is 11.5 Å². The summed E-state index contributed by atoms with van der Waals surface area (Å²) in [5, 5.41) is 9.50. The summed E-state index contributed by atoms with van der Waals surface area (Å²) >= 11 is 3.29. The van der Waals surface area contributed by atoms with Crippen LogP contribution in [0.1, 0.15) is 5.56 Å². The van der Waals surface area contributed by atoms with Crippen LogP contribution in [0.4, 0.5) is 0 Å². The zero-order valence-corrected chi connectivity index (χ0v) is 10.0. The molecular weight excluding hydrogens is 270 g/mol. The number of para-hydroxylation sites is 2. The monoisotopic (exact) mass is 279 g/mol. The largest absolute Gasteiger partial charge is 0.504 e. The molecule has 0 aliphatic carbocycles. The average Bonchev–Trinajstić information content (AvgIpc) is 2.28. The molecule has 1 N–H and O–H groups in total. The minimum Gasteiger partial charge on any atom is -0.504 e. The number of aromatic hydroxyl groups is 1. The van der Waals surface area contributed by atoms with Gasteiger partial charge < -0.3 is 9.84 Å². The van der Waals surface area contributed by atoms with E-state index in [0.717, 1.165) is 10.2 Å². The lowest BCUT2D eigenvalue weighted by molar-refractivity contribution is 0.289. The molecule has 16 heavy (non-hydrogen) atoms. The van der Waals surface area contributed by atoms with Crippen molar-refractivity contribution in [1.29, 1.82) is 0 Å². The summed E-state index contributed by atoms with van der Waals surface area (Å²) in [7, 11) is 0. The third-order valence-electron chi connectivity index (χ3n) is 2.05. The number of phenols is 1. The van der Waals surface area contributed by atoms with Crippen molar-refractivity contribution in [3.63, 3.8) is 0 Å². The van der Waals surface area contributed by atoms with Gasteiger partial charge in [-0.25, -0.2) is 4.98 Å². The summed E-state index contributed by atoms with van der Waals surface area (Å²) in [4.78, 5) is 4.02. The van der Waals surface area contributed by atoms with Gasteiger partial charge in [0, 0.05) is 6.20 Å². The van der Waals surface area contributed by atoms with Crippen LogP contribution in [0.25, 0.3) is 0 Å². The third-order valence-corrected chi connectivity index (χ3v) is 2.48. The van der Waals surface area contributed by atoms with E-state index in [0.29, 0.717) is 12.4 Å². The smallest absolute Gasteiger partial charge is 0.161 e. The van der Waals surface area contributed by atoms with E-state index in [2.05, 4.69) is 20.9 Å². The van der Waals surface area contributed by atoms with Crippen molar-refractivity contribution in [3.05, 3.63) is 52.8 Å². The first-order valence-corrected chi connectivity index (χ1v) is 5.56. The van der Waals surface area contributed by atoms with Crippen LogP contribution in [0.3, 0.4) is 0 Å². The van der Waals surface area contributed by atoms with Crippen molar-refractivity contribution in [3.8, 4) is 11.5 Å². The summed E-state index contributed by atoms with van der Waals surface area (Å²) in [5.74, 6) is 0.631. The van der Waals surface area contributed by atoms with Crippen molar-refractivity contribution in [2.45, 2.75) is 6.61 Å². The van der Waals surface area contributed by atoms with Gasteiger partial charge >= 0.3 is 0 Å². The minimum atomic E-state index is 0.149. The SMILES string of the molecule is Oc1ccccc1OCc1ccnc(Br)c1. The molecule has 0 atom stereocenters. The second-order valence-electron chi connectivity index (χ2n) is 3.24. The fourth-order valence-corrected chi connectivity index (χ4v) is 1.68. The molecular formula is C12H10BrNO2. The highest BCUT2D eigenvalue weighted by Gasteiger charge is 2.01. The molecule has 1 aromatic heterocycles. The Morgan fingerprint density at radius 3 is 2.81 bits per heavy atom. The maximum atomic E-state index is 9.50. The molecule has 0 aliphatic heterocycles. The van der Waals surface area contributed by atoms with Gasteiger partial charge in [-0.1, -0.05) is 12.1 Å². The van der Waals surface area contributed by atoms with Crippen LogP contribution in [0, 0.1) is 0 Å². The van der Waals surface area contributed by atoms with Crippen LogP contribution in [-0.4, -0.2) is 10.1 Å². The van der Waals surface area contributed by atoms with Crippen LogP contribution in [0.15, 0.2) is 47.2 Å². The summed E-state index contributed by atoms with van der Waals surface area (Å²) in [6.07, 6.45) is 1.70. The van der Waals surface area contributed by atoms with E-state index in [1.807, 2.05) is 18.2 Å². The molecule has 0 spiro atoms. The Morgan fingerprint density at radius 2 is 2.06 bits per heavy atom. The van der Waals surface area contributed by atoms with Gasteiger partial charge in [-0.15, -0.1) is 0 Å². The predicted molar refractivity (Wildman–Crippen MR) is 64.4 cm³/mol. The molecule has 1 aromatic carbocycles. The molecule has 0 saturated heterocycles. The summed E-state index contributed by atoms with van der Waals surface area (Å²) < 4.78 is 6.25. The highest BCUT2D eigenvalue weighted by atomic mass is 79.9. The van der Waals surface area contributed by atoms with Crippen LogP contribution < -0.4 is 4.74 Å². The molecule has 0 bridgehead atoms. The summed E-state index contributed by atoms with van der Waals surface area (Å²) in [6, 6.07) is 10.6. The van der Waals surface area contributed by atoms with E-state index in [4.69, 9.17) is 4.74 Å². The molecule has 2 rings (SSSR count). The highest BCUT2D eigenvalue weighted by molar-refractivity contribution is 9.10. The quantitative estimate of drug-likeness (QED) is 0.878. The molecule has 0 radical (unpaired) electrons. The second kappa shape index (κ2) is 4.99. The third kappa shape index (κ3) is 2.73. The molecule has 4 heteroatoms. The van der Waals surface area contributed by atoms with Gasteiger partial charge in [0.15, 0.2) is 11.5 Å². The van der Waals surface area contributed by atoms with Gasteiger partial charge in [-0.05, 0) is 45.8 Å². The number of hydrogen-bond donors (Lipinski definition) is 1. The number of aromatic nitrogens is 1. The van der Waals surface area contributed by atoms with E-state index >= 15 is 0 Å². The number of rotatable bonds is 3. The number of phenolic OH excluding ortho intramolecular Hbond substituents is 1. The van der Waals surface area contributed by atoms with Gasteiger partial charge in [0.25, 0.3) is 0 Å². The fraction of sp³-hybridized carbons (Fsp3) is 0.0833. The topological polar surface area (TPSA) is 42.4 Å². The lowest BCUT2D eigenvalue weighted by Crippen LogP contribution is -1.95. The van der Waals surface area contributed by atoms with Gasteiger partial charge in [-0.3, -0.25) is 0 Å². The van der Waals surface area contributed by atoms with Gasteiger partial charge in [0.1, 0.15) is 11.2 Å². The highest BCUT2D eigenvalue weighted by Crippen LogP contribution is 2.25. The first-order chi connectivity index (χ1) is 7.75. The Balaban J connectivity index is 2.05. The second-order valence-corrected chi connectivity index (χ2v) is 4.06. The Morgan fingerprint density at radius 1 is 1.25 bits per heavy atom. The van der Waals surface area contributed by atoms with E-state index in [1.165, 1.54) is 0 Å². The van der Waals surface area contributed by atoms with Crippen molar-refractivity contribution >= 4 is 15.9 Å². The van der Waals surface area contributed by atoms with E-state index in [1.54, 1.807) is 24.4 Å². The summed E-state index contributed by atoms with van der Waals surface area (Å²) in [6.45, 7) is 0.401. The van der Waals surface area contributed by atoms with Gasteiger partial charge in [0.2, 0.25) is 0 Å². The fourth-order valence-electron chi connectivity index (χ4n) is 1.27. The zero-order chi connectivity index (χ0) is 11.4. The van der Waals surface area contributed by atoms with E-state index in [9.17, 15) is 5.11 Å². The van der Waals surface area contributed by atoms with Crippen molar-refractivity contribution in [2.24, 2.45) is 0 Å². The normalized spacial score (nSPS) is 10.1. The molecule has 3 nitrogen and oxygen atoms in total. The maximum absolute atomic E-state index is 9.50. The molecule has 2 aromatic rings. The molecule has 0 aliphatic rings. The lowest BCUT2D eigenvalue weighted by atomic mass is 10.3. The molecule has 0 unspecified atom stereocenters. The van der Waals surface area contributed by atoms with Crippen molar-refractivity contribution < 1.29 is 9.84 Å². The Kier molecular flexibility index (Phi) is 3.41. The maximum Gasteiger partial charge on any atom is 0.161 e. The Hall–Kier alpha value is -1.55. The summed E-state index contributed by atoms with van der Waals surface area (Å²) in [5.41, 5.74) is 0.991. The number of ether oxygens (including phenoxy) is 1. The van der Waals surface area contributed by atoms with Crippen LogP contribution >= 0.6 is 15.9 Å². The number of halogens is 1. The number of hydrogen-bond acceptors (Lipinski definition) is 3. The number of nitrogens with zero attached hydrogens (tertiary/aromatic N) is 1. The Labute approximate surface area is 102 Å². The standard InChI is InChI=1S/C12H10BrNO2/c13-12-7-9(5-6-14-12)8-16-11-4-2-1-3-10(11)15/h1-7,15H,8H2. The first kappa shape index (κ1) is 11.0. The predicted octanol–water partition coefficient (Wildman–Crippen LogP) is 3.13. The molecule has 0 amide bonds. The van der Waals surface area contributed by atoms with Crippen LogP contribution in [-0.2, 0) is 6.61 Å². The minimum absolute atomic E-state index is 0.149. The zero-order valence-electron chi connectivity index (χ0n) is 8.43.